The third kappa shape index (κ3) is 2.27. The largest absolute Gasteiger partial charge is 0.379 e. The lowest BCUT2D eigenvalue weighted by Crippen LogP contribution is -2.53. The maximum atomic E-state index is 6.17. The van der Waals surface area contributed by atoms with Gasteiger partial charge in [0.1, 0.15) is 0 Å². The minimum Gasteiger partial charge on any atom is -0.379 e. The van der Waals surface area contributed by atoms with Crippen LogP contribution in [0.15, 0.2) is 0 Å². The van der Waals surface area contributed by atoms with Crippen LogP contribution in [0.2, 0.25) is 0 Å². The van der Waals surface area contributed by atoms with E-state index in [0.29, 0.717) is 12.1 Å². The van der Waals surface area contributed by atoms with Crippen LogP contribution in [0, 0.1) is 5.41 Å². The van der Waals surface area contributed by atoms with Gasteiger partial charge in [-0.25, -0.2) is 0 Å². The second kappa shape index (κ2) is 4.63. The third-order valence-corrected chi connectivity index (χ3v) is 4.54. The SMILES string of the molecule is CC1CCCC(C)N1CC1(C)COCC1N. The van der Waals surface area contributed by atoms with Gasteiger partial charge < -0.3 is 10.5 Å². The van der Waals surface area contributed by atoms with Crippen LogP contribution in [-0.4, -0.2) is 42.8 Å². The van der Waals surface area contributed by atoms with E-state index >= 15 is 0 Å². The molecule has 2 rings (SSSR count). The Morgan fingerprint density at radius 1 is 1.31 bits per heavy atom. The number of piperidine rings is 1. The molecule has 4 atom stereocenters. The van der Waals surface area contributed by atoms with Crippen LogP contribution in [-0.2, 0) is 4.74 Å². The van der Waals surface area contributed by atoms with Gasteiger partial charge in [0.05, 0.1) is 13.2 Å². The molecule has 3 nitrogen and oxygen atoms in total. The molecule has 0 spiro atoms. The third-order valence-electron chi connectivity index (χ3n) is 4.54. The predicted molar refractivity (Wildman–Crippen MR) is 66.4 cm³/mol. The molecule has 0 aromatic heterocycles. The summed E-state index contributed by atoms with van der Waals surface area (Å²) in [7, 11) is 0. The molecule has 2 fully saturated rings. The number of nitrogens with two attached hydrogens (primary N) is 1. The highest BCUT2D eigenvalue weighted by molar-refractivity contribution is 4.95. The maximum absolute atomic E-state index is 6.17. The summed E-state index contributed by atoms with van der Waals surface area (Å²) in [5.74, 6) is 0. The molecule has 0 radical (unpaired) electrons. The molecule has 2 N–H and O–H groups in total. The van der Waals surface area contributed by atoms with Gasteiger partial charge in [0.2, 0.25) is 0 Å². The van der Waals surface area contributed by atoms with Crippen molar-refractivity contribution in [3.05, 3.63) is 0 Å². The first-order valence-electron chi connectivity index (χ1n) is 6.62. The number of rotatable bonds is 2. The lowest BCUT2D eigenvalue weighted by atomic mass is 9.83. The van der Waals surface area contributed by atoms with Crippen molar-refractivity contribution in [3.63, 3.8) is 0 Å². The Morgan fingerprint density at radius 3 is 2.44 bits per heavy atom. The molecule has 16 heavy (non-hydrogen) atoms. The fraction of sp³-hybridized carbons (Fsp3) is 1.00. The maximum Gasteiger partial charge on any atom is 0.0624 e. The highest BCUT2D eigenvalue weighted by atomic mass is 16.5. The van der Waals surface area contributed by atoms with Crippen LogP contribution in [0.1, 0.15) is 40.0 Å². The second-order valence-corrected chi connectivity index (χ2v) is 6.08. The van der Waals surface area contributed by atoms with E-state index in [-0.39, 0.29) is 11.5 Å². The summed E-state index contributed by atoms with van der Waals surface area (Å²) in [6, 6.07) is 1.61. The van der Waals surface area contributed by atoms with Gasteiger partial charge in [0, 0.05) is 30.1 Å². The molecule has 3 heteroatoms. The molecule has 2 aliphatic rings. The van der Waals surface area contributed by atoms with Gasteiger partial charge in [0.15, 0.2) is 0 Å². The Bertz CT molecular complexity index is 236. The highest BCUT2D eigenvalue weighted by Gasteiger charge is 2.41. The van der Waals surface area contributed by atoms with Crippen LogP contribution in [0.25, 0.3) is 0 Å². The van der Waals surface area contributed by atoms with Crippen LogP contribution in [0.5, 0.6) is 0 Å². The van der Waals surface area contributed by atoms with Gasteiger partial charge in [-0.1, -0.05) is 13.3 Å². The van der Waals surface area contributed by atoms with Crippen molar-refractivity contribution >= 4 is 0 Å². The second-order valence-electron chi connectivity index (χ2n) is 6.08. The fourth-order valence-corrected chi connectivity index (χ4v) is 3.09. The number of likely N-dealkylation sites (tertiary alicyclic amines) is 1. The molecule has 2 aliphatic heterocycles. The smallest absolute Gasteiger partial charge is 0.0624 e. The first-order valence-corrected chi connectivity index (χ1v) is 6.62. The van der Waals surface area contributed by atoms with Crippen molar-refractivity contribution in [2.24, 2.45) is 11.1 Å². The average Bonchev–Trinajstić information content (AvgIpc) is 2.54. The summed E-state index contributed by atoms with van der Waals surface area (Å²) in [5.41, 5.74) is 6.32. The number of hydrogen-bond donors (Lipinski definition) is 1. The lowest BCUT2D eigenvalue weighted by Gasteiger charge is -2.44. The van der Waals surface area contributed by atoms with E-state index in [1.54, 1.807) is 0 Å². The zero-order valence-corrected chi connectivity index (χ0v) is 10.9. The predicted octanol–water partition coefficient (Wildman–Crippen LogP) is 1.61. The molecule has 4 unspecified atom stereocenters. The van der Waals surface area contributed by atoms with Gasteiger partial charge in [-0.05, 0) is 26.7 Å². The van der Waals surface area contributed by atoms with E-state index in [9.17, 15) is 0 Å². The summed E-state index contributed by atoms with van der Waals surface area (Å²) in [4.78, 5) is 2.64. The molecular weight excluding hydrogens is 200 g/mol. The van der Waals surface area contributed by atoms with Crippen molar-refractivity contribution in [1.82, 2.24) is 4.90 Å². The van der Waals surface area contributed by atoms with Gasteiger partial charge in [-0.3, -0.25) is 4.90 Å². The van der Waals surface area contributed by atoms with Crippen molar-refractivity contribution in [2.45, 2.75) is 58.2 Å². The summed E-state index contributed by atoms with van der Waals surface area (Å²) < 4.78 is 5.53. The van der Waals surface area contributed by atoms with Crippen molar-refractivity contribution < 1.29 is 4.74 Å². The van der Waals surface area contributed by atoms with E-state index in [0.717, 1.165) is 19.8 Å². The molecule has 0 amide bonds. The molecular formula is C13H26N2O. The summed E-state index contributed by atoms with van der Waals surface area (Å²) >= 11 is 0. The molecule has 0 aromatic carbocycles. The molecule has 2 saturated heterocycles. The van der Waals surface area contributed by atoms with E-state index in [2.05, 4.69) is 25.7 Å². The molecule has 2 heterocycles. The van der Waals surface area contributed by atoms with E-state index in [4.69, 9.17) is 10.5 Å². The van der Waals surface area contributed by atoms with Crippen LogP contribution in [0.4, 0.5) is 0 Å². The Balaban J connectivity index is 2.01. The molecule has 0 aliphatic carbocycles. The first kappa shape index (κ1) is 12.3. The Hall–Kier alpha value is -0.120. The van der Waals surface area contributed by atoms with E-state index in [1.165, 1.54) is 19.3 Å². The lowest BCUT2D eigenvalue weighted by molar-refractivity contribution is 0.0440. The molecule has 0 bridgehead atoms. The van der Waals surface area contributed by atoms with Gasteiger partial charge in [-0.2, -0.15) is 0 Å². The highest BCUT2D eigenvalue weighted by Crippen LogP contribution is 2.32. The monoisotopic (exact) mass is 226 g/mol. The zero-order chi connectivity index (χ0) is 11.8. The minimum atomic E-state index is 0.153. The van der Waals surface area contributed by atoms with Crippen molar-refractivity contribution in [2.75, 3.05) is 19.8 Å². The fourth-order valence-electron chi connectivity index (χ4n) is 3.09. The van der Waals surface area contributed by atoms with Gasteiger partial charge >= 0.3 is 0 Å². The molecule has 94 valence electrons. The minimum absolute atomic E-state index is 0.153. The summed E-state index contributed by atoms with van der Waals surface area (Å²) in [6.07, 6.45) is 4.03. The van der Waals surface area contributed by atoms with Crippen LogP contribution < -0.4 is 5.73 Å². The van der Waals surface area contributed by atoms with Crippen LogP contribution >= 0.6 is 0 Å². The first-order chi connectivity index (χ1) is 7.53. The van der Waals surface area contributed by atoms with E-state index in [1.807, 2.05) is 0 Å². The summed E-state index contributed by atoms with van der Waals surface area (Å²) in [5, 5.41) is 0. The average molecular weight is 226 g/mol. The topological polar surface area (TPSA) is 38.5 Å². The summed E-state index contributed by atoms with van der Waals surface area (Å²) in [6.45, 7) is 9.62. The number of nitrogens with zero attached hydrogens (tertiary/aromatic N) is 1. The zero-order valence-electron chi connectivity index (χ0n) is 10.9. The van der Waals surface area contributed by atoms with E-state index < -0.39 is 0 Å². The number of hydrogen-bond acceptors (Lipinski definition) is 3. The molecule has 0 saturated carbocycles. The van der Waals surface area contributed by atoms with Crippen LogP contribution in [0.3, 0.4) is 0 Å². The Morgan fingerprint density at radius 2 is 1.94 bits per heavy atom. The van der Waals surface area contributed by atoms with Gasteiger partial charge in [-0.15, -0.1) is 0 Å². The normalized spacial score (nSPS) is 46.1. The number of ether oxygens (including phenoxy) is 1. The molecule has 0 aromatic rings. The quantitative estimate of drug-likeness (QED) is 0.777. The van der Waals surface area contributed by atoms with Gasteiger partial charge in [0.25, 0.3) is 0 Å². The van der Waals surface area contributed by atoms with Crippen molar-refractivity contribution in [3.8, 4) is 0 Å². The Kier molecular flexibility index (Phi) is 3.57. The Labute approximate surface area is 99.3 Å². The van der Waals surface area contributed by atoms with Crippen molar-refractivity contribution in [1.29, 1.82) is 0 Å². The standard InChI is InChI=1S/C13H26N2O/c1-10-5-4-6-11(2)15(10)8-13(3)9-16-7-12(13)14/h10-12H,4-9,14H2,1-3H3.